The predicted molar refractivity (Wildman–Crippen MR) is 67.7 cm³/mol. The van der Waals surface area contributed by atoms with Gasteiger partial charge in [0.25, 0.3) is 0 Å². The van der Waals surface area contributed by atoms with Gasteiger partial charge in [-0.25, -0.2) is 0 Å². The van der Waals surface area contributed by atoms with E-state index < -0.39 is 0 Å². The Hall–Kier alpha value is 0.110. The second-order valence-corrected chi connectivity index (χ2v) is 5.69. The predicted octanol–water partition coefficient (Wildman–Crippen LogP) is 2.80. The number of thioether (sulfide) groups is 1. The first kappa shape index (κ1) is 13.2. The molecule has 0 radical (unpaired) electrons. The van der Waals surface area contributed by atoms with Gasteiger partial charge in [-0.2, -0.15) is 0 Å². The van der Waals surface area contributed by atoms with Crippen LogP contribution in [0, 0.1) is 0 Å². The number of carbonyl (C=O) groups excluding carboxylic acids is 1. The summed E-state index contributed by atoms with van der Waals surface area (Å²) in [4.78, 5) is 11.9. The van der Waals surface area contributed by atoms with Crippen molar-refractivity contribution < 1.29 is 4.79 Å². The molecule has 1 aliphatic heterocycles. The molecule has 1 unspecified atom stereocenters. The average molecular weight is 250 g/mol. The molecule has 15 heavy (non-hydrogen) atoms. The molecule has 1 amide bonds. The van der Waals surface area contributed by atoms with Gasteiger partial charge in [0.2, 0.25) is 5.91 Å². The second-order valence-electron chi connectivity index (χ2n) is 4.11. The highest BCUT2D eigenvalue weighted by Crippen LogP contribution is 2.27. The number of hydrogen-bond donors (Lipinski definition) is 1. The Morgan fingerprint density at radius 2 is 2.20 bits per heavy atom. The first-order chi connectivity index (χ1) is 7.17. The van der Waals surface area contributed by atoms with Crippen LogP contribution in [0.1, 0.15) is 39.5 Å². The van der Waals surface area contributed by atoms with Crippen molar-refractivity contribution in [1.29, 1.82) is 0 Å². The smallest absolute Gasteiger partial charge is 0.233 e. The Morgan fingerprint density at radius 3 is 2.60 bits per heavy atom. The number of rotatable bonds is 5. The third-order valence-corrected chi connectivity index (χ3v) is 5.11. The molecule has 1 fully saturated rings. The van der Waals surface area contributed by atoms with Gasteiger partial charge in [-0.3, -0.25) is 4.79 Å². The molecule has 1 atom stereocenters. The first-order valence-electron chi connectivity index (χ1n) is 5.67. The molecule has 0 saturated carbocycles. The zero-order valence-corrected chi connectivity index (χ0v) is 11.1. The summed E-state index contributed by atoms with van der Waals surface area (Å²) in [6.45, 7) is 4.15. The van der Waals surface area contributed by atoms with Crippen molar-refractivity contribution in [2.45, 2.75) is 50.3 Å². The number of nitrogens with one attached hydrogen (secondary N) is 1. The Bertz CT molecular complexity index is 204. The molecular formula is C11H20ClNOS. The maximum absolute atomic E-state index is 11.9. The summed E-state index contributed by atoms with van der Waals surface area (Å²) < 4.78 is 0. The van der Waals surface area contributed by atoms with E-state index in [1.807, 2.05) is 0 Å². The van der Waals surface area contributed by atoms with Gasteiger partial charge in [0.05, 0.1) is 10.8 Å². The van der Waals surface area contributed by atoms with E-state index in [-0.39, 0.29) is 16.7 Å². The molecule has 1 rings (SSSR count). The van der Waals surface area contributed by atoms with Crippen LogP contribution < -0.4 is 5.32 Å². The summed E-state index contributed by atoms with van der Waals surface area (Å²) in [7, 11) is 0. The molecule has 0 aromatic rings. The van der Waals surface area contributed by atoms with E-state index in [0.29, 0.717) is 5.88 Å². The highest BCUT2D eigenvalue weighted by atomic mass is 35.5. The van der Waals surface area contributed by atoms with Crippen molar-refractivity contribution in [3.63, 3.8) is 0 Å². The van der Waals surface area contributed by atoms with Gasteiger partial charge in [0.15, 0.2) is 0 Å². The number of halogens is 1. The third kappa shape index (κ3) is 3.28. The van der Waals surface area contributed by atoms with Gasteiger partial charge in [-0.15, -0.1) is 23.4 Å². The summed E-state index contributed by atoms with van der Waals surface area (Å²) in [5.74, 6) is 1.80. The minimum Gasteiger partial charge on any atom is -0.349 e. The lowest BCUT2D eigenvalue weighted by Crippen LogP contribution is -2.51. The van der Waals surface area contributed by atoms with Crippen molar-refractivity contribution in [2.24, 2.45) is 0 Å². The van der Waals surface area contributed by atoms with Crippen LogP contribution in [0.15, 0.2) is 0 Å². The fourth-order valence-electron chi connectivity index (χ4n) is 1.78. The van der Waals surface area contributed by atoms with E-state index >= 15 is 0 Å². The fraction of sp³-hybridized carbons (Fsp3) is 0.909. The van der Waals surface area contributed by atoms with Crippen LogP contribution in [0.2, 0.25) is 0 Å². The quantitative estimate of drug-likeness (QED) is 0.760. The van der Waals surface area contributed by atoms with Crippen molar-refractivity contribution >= 4 is 29.3 Å². The number of alkyl halides is 1. The Labute approximate surface area is 102 Å². The average Bonchev–Trinajstić information content (AvgIpc) is 2.79. The van der Waals surface area contributed by atoms with Gasteiger partial charge in [-0.1, -0.05) is 13.8 Å². The monoisotopic (exact) mass is 249 g/mol. The molecule has 4 heteroatoms. The Morgan fingerprint density at radius 1 is 1.53 bits per heavy atom. The molecule has 0 spiro atoms. The molecular weight excluding hydrogens is 230 g/mol. The third-order valence-electron chi connectivity index (χ3n) is 3.22. The van der Waals surface area contributed by atoms with Crippen LogP contribution in [0.25, 0.3) is 0 Å². The highest BCUT2D eigenvalue weighted by Gasteiger charge is 2.31. The summed E-state index contributed by atoms with van der Waals surface area (Å²) in [6.07, 6.45) is 3.98. The summed E-state index contributed by atoms with van der Waals surface area (Å²) in [6, 6.07) is 0. The summed E-state index contributed by atoms with van der Waals surface area (Å²) in [5.41, 5.74) is -0.193. The van der Waals surface area contributed by atoms with Gasteiger partial charge < -0.3 is 5.32 Å². The Kier molecular flexibility index (Phi) is 5.27. The van der Waals surface area contributed by atoms with Crippen LogP contribution in [0.5, 0.6) is 0 Å². The van der Waals surface area contributed by atoms with E-state index in [1.165, 1.54) is 0 Å². The normalized spacial score (nSPS) is 21.7. The highest BCUT2D eigenvalue weighted by molar-refractivity contribution is 8.00. The zero-order chi connectivity index (χ0) is 11.3. The van der Waals surface area contributed by atoms with E-state index in [0.717, 1.165) is 31.4 Å². The maximum Gasteiger partial charge on any atom is 0.233 e. The molecule has 0 bridgehead atoms. The molecule has 0 aliphatic carbocycles. The lowest BCUT2D eigenvalue weighted by Gasteiger charge is -2.31. The van der Waals surface area contributed by atoms with E-state index in [4.69, 9.17) is 11.6 Å². The lowest BCUT2D eigenvalue weighted by molar-refractivity contribution is -0.122. The topological polar surface area (TPSA) is 29.1 Å². The molecule has 0 aromatic heterocycles. The van der Waals surface area contributed by atoms with Gasteiger partial charge in [-0.05, 0) is 31.4 Å². The van der Waals surface area contributed by atoms with Gasteiger partial charge in [0.1, 0.15) is 0 Å². The number of carbonyl (C=O) groups is 1. The number of hydrogen-bond acceptors (Lipinski definition) is 2. The molecule has 88 valence electrons. The molecule has 1 aliphatic rings. The molecule has 1 saturated heterocycles. The maximum atomic E-state index is 11.9. The van der Waals surface area contributed by atoms with Crippen LogP contribution in [0.3, 0.4) is 0 Å². The summed E-state index contributed by atoms with van der Waals surface area (Å²) >= 11 is 7.72. The van der Waals surface area contributed by atoms with Crippen molar-refractivity contribution in [3.05, 3.63) is 0 Å². The van der Waals surface area contributed by atoms with Gasteiger partial charge in [0, 0.05) is 5.88 Å². The van der Waals surface area contributed by atoms with Crippen LogP contribution in [-0.4, -0.2) is 28.3 Å². The largest absolute Gasteiger partial charge is 0.349 e. The van der Waals surface area contributed by atoms with E-state index in [2.05, 4.69) is 19.2 Å². The summed E-state index contributed by atoms with van der Waals surface area (Å²) in [5, 5.41) is 3.29. The minimum atomic E-state index is -0.193. The van der Waals surface area contributed by atoms with Crippen molar-refractivity contribution in [3.8, 4) is 0 Å². The van der Waals surface area contributed by atoms with Crippen LogP contribution in [-0.2, 0) is 4.79 Å². The second kappa shape index (κ2) is 6.00. The SMILES string of the molecule is CCC(CC)(CCl)NC(=O)C1CCCS1. The fourth-order valence-corrected chi connectivity index (χ4v) is 3.38. The molecule has 1 heterocycles. The van der Waals surface area contributed by atoms with Crippen molar-refractivity contribution in [1.82, 2.24) is 5.32 Å². The first-order valence-corrected chi connectivity index (χ1v) is 7.25. The molecule has 1 N–H and O–H groups in total. The number of amides is 1. The van der Waals surface area contributed by atoms with Gasteiger partial charge >= 0.3 is 0 Å². The zero-order valence-electron chi connectivity index (χ0n) is 9.51. The van der Waals surface area contributed by atoms with Crippen LogP contribution >= 0.6 is 23.4 Å². The Balaban J connectivity index is 2.53. The standard InChI is InChI=1S/C11H20ClNOS/c1-3-11(4-2,8-12)13-10(14)9-6-5-7-15-9/h9H,3-8H2,1-2H3,(H,13,14). The lowest BCUT2D eigenvalue weighted by atomic mass is 9.95. The molecule has 0 aromatic carbocycles. The van der Waals surface area contributed by atoms with E-state index in [1.54, 1.807) is 11.8 Å². The van der Waals surface area contributed by atoms with Crippen molar-refractivity contribution in [2.75, 3.05) is 11.6 Å². The minimum absolute atomic E-state index is 0.158. The molecule has 2 nitrogen and oxygen atoms in total. The van der Waals surface area contributed by atoms with E-state index in [9.17, 15) is 4.79 Å². The van der Waals surface area contributed by atoms with Crippen LogP contribution in [0.4, 0.5) is 0 Å².